The third kappa shape index (κ3) is 5.64. The maximum absolute atomic E-state index is 5.42. The van der Waals surface area contributed by atoms with Crippen molar-refractivity contribution in [2.45, 2.75) is 25.9 Å². The van der Waals surface area contributed by atoms with Crippen molar-refractivity contribution in [3.05, 3.63) is 36.2 Å². The quantitative estimate of drug-likeness (QED) is 0.413. The number of benzene rings is 1. The second-order valence-corrected chi connectivity index (χ2v) is 9.48. The Bertz CT molecular complexity index is 650. The number of hydrogen-bond acceptors (Lipinski definition) is 5. The van der Waals surface area contributed by atoms with E-state index >= 15 is 0 Å². The van der Waals surface area contributed by atoms with E-state index in [0.717, 1.165) is 45.2 Å². The van der Waals surface area contributed by atoms with Crippen molar-refractivity contribution >= 4 is 19.6 Å². The summed E-state index contributed by atoms with van der Waals surface area (Å²) >= 11 is 0. The van der Waals surface area contributed by atoms with Crippen LogP contribution in [0.1, 0.15) is 12.1 Å². The highest BCUT2D eigenvalue weighted by atomic mass is 28.4. The van der Waals surface area contributed by atoms with Gasteiger partial charge in [-0.2, -0.15) is 0 Å². The molecule has 0 saturated heterocycles. The number of nitrogens with one attached hydrogen (secondary N) is 2. The van der Waals surface area contributed by atoms with E-state index < -0.39 is 8.80 Å². The van der Waals surface area contributed by atoms with Gasteiger partial charge in [0.25, 0.3) is 0 Å². The van der Waals surface area contributed by atoms with E-state index in [1.807, 2.05) is 0 Å². The predicted octanol–water partition coefficient (Wildman–Crippen LogP) is 2.40. The van der Waals surface area contributed by atoms with Crippen molar-refractivity contribution in [1.29, 1.82) is 0 Å². The lowest BCUT2D eigenvalue weighted by Crippen LogP contribution is -2.43. The van der Waals surface area contributed by atoms with Crippen molar-refractivity contribution in [2.75, 3.05) is 47.5 Å². The molecule has 0 unspecified atom stereocenters. The second-order valence-electron chi connectivity index (χ2n) is 6.39. The molecule has 0 aliphatic heterocycles. The lowest BCUT2D eigenvalue weighted by Gasteiger charge is -2.24. The number of hydrogen-bond donors (Lipinski definition) is 2. The molecule has 1 aromatic heterocycles. The van der Waals surface area contributed by atoms with Gasteiger partial charge in [-0.1, -0.05) is 24.3 Å². The Morgan fingerprint density at radius 2 is 1.58 bits per heavy atom. The average Bonchev–Trinajstić information content (AvgIpc) is 3.00. The highest BCUT2D eigenvalue weighted by Gasteiger charge is 2.36. The summed E-state index contributed by atoms with van der Waals surface area (Å²) in [4.78, 5) is 0. The minimum Gasteiger partial charge on any atom is -0.377 e. The monoisotopic (exact) mass is 379 g/mol. The van der Waals surface area contributed by atoms with Crippen LogP contribution in [0.2, 0.25) is 6.04 Å². The molecule has 1 heterocycles. The van der Waals surface area contributed by atoms with Crippen molar-refractivity contribution in [3.8, 4) is 0 Å². The third-order valence-corrected chi connectivity index (χ3v) is 7.69. The maximum Gasteiger partial charge on any atom is 0.500 e. The van der Waals surface area contributed by atoms with Crippen LogP contribution in [-0.4, -0.2) is 60.9 Å². The van der Waals surface area contributed by atoms with Gasteiger partial charge in [-0.3, -0.25) is 0 Å². The van der Waals surface area contributed by atoms with Gasteiger partial charge < -0.3 is 28.5 Å². The summed E-state index contributed by atoms with van der Waals surface area (Å²) in [6.45, 7) is 7.00. The molecular formula is C19H33N3O3Si. The first kappa shape index (κ1) is 21.1. The summed E-state index contributed by atoms with van der Waals surface area (Å²) < 4.78 is 18.6. The summed E-state index contributed by atoms with van der Waals surface area (Å²) in [7, 11) is 2.56. The summed E-state index contributed by atoms with van der Waals surface area (Å²) in [5.74, 6) is 0. The average molecular weight is 380 g/mol. The van der Waals surface area contributed by atoms with Gasteiger partial charge in [-0.05, 0) is 25.3 Å². The van der Waals surface area contributed by atoms with E-state index in [0.29, 0.717) is 0 Å². The molecule has 0 amide bonds. The normalized spacial score (nSPS) is 12.2. The third-order valence-electron chi connectivity index (χ3n) is 4.85. The minimum absolute atomic E-state index is 0.831. The molecule has 7 heteroatoms. The Morgan fingerprint density at radius 1 is 0.923 bits per heavy atom. The zero-order valence-corrected chi connectivity index (χ0v) is 17.5. The molecule has 0 aliphatic carbocycles. The molecule has 0 radical (unpaired) electrons. The summed E-state index contributed by atoms with van der Waals surface area (Å²) in [5, 5.41) is 9.60. The lowest BCUT2D eigenvalue weighted by molar-refractivity contribution is 0.123. The number of aromatic nitrogens is 1. The van der Waals surface area contributed by atoms with E-state index in [2.05, 4.69) is 52.6 Å². The van der Waals surface area contributed by atoms with Gasteiger partial charge in [-0.15, -0.1) is 0 Å². The van der Waals surface area contributed by atoms with Gasteiger partial charge in [0.15, 0.2) is 0 Å². The number of aryl methyl sites for hydroxylation is 1. The highest BCUT2D eigenvalue weighted by Crippen LogP contribution is 2.19. The first-order valence-corrected chi connectivity index (χ1v) is 11.2. The zero-order chi connectivity index (χ0) is 18.8. The van der Waals surface area contributed by atoms with E-state index in [4.69, 9.17) is 13.3 Å². The molecule has 0 saturated carbocycles. The topological polar surface area (TPSA) is 56.7 Å². The van der Waals surface area contributed by atoms with Crippen molar-refractivity contribution < 1.29 is 13.3 Å². The van der Waals surface area contributed by atoms with Crippen LogP contribution in [0.3, 0.4) is 0 Å². The van der Waals surface area contributed by atoms with Crippen LogP contribution in [0.25, 0.3) is 10.8 Å². The second kappa shape index (κ2) is 10.8. The van der Waals surface area contributed by atoms with E-state index in [-0.39, 0.29) is 0 Å². The summed E-state index contributed by atoms with van der Waals surface area (Å²) in [6, 6.07) is 9.38. The molecular weight excluding hydrogens is 346 g/mol. The van der Waals surface area contributed by atoms with Crippen LogP contribution in [0.4, 0.5) is 0 Å². The molecule has 0 aliphatic rings. The highest BCUT2D eigenvalue weighted by molar-refractivity contribution is 6.60. The molecule has 2 aromatic rings. The lowest BCUT2D eigenvalue weighted by atomic mass is 10.2. The molecule has 146 valence electrons. The Morgan fingerprint density at radius 3 is 2.23 bits per heavy atom. The van der Waals surface area contributed by atoms with Crippen LogP contribution in [0.15, 0.2) is 30.5 Å². The molecule has 2 rings (SSSR count). The van der Waals surface area contributed by atoms with Gasteiger partial charge in [0.1, 0.15) is 0 Å². The van der Waals surface area contributed by atoms with Crippen LogP contribution < -0.4 is 10.6 Å². The number of nitrogens with zero attached hydrogens (tertiary/aromatic N) is 1. The standard InChI is InChI=1S/C19H33N3O3Si/c1-17-19-9-6-5-8-18(19)16-22(17)14-13-21-12-11-20-10-7-15-26(23-2,24-3)25-4/h5-6,8-9,16,20-21H,7,10-15H2,1-4H3. The van der Waals surface area contributed by atoms with Gasteiger partial charge >= 0.3 is 8.80 Å². The fraction of sp³-hybridized carbons (Fsp3) is 0.579. The van der Waals surface area contributed by atoms with Crippen LogP contribution >= 0.6 is 0 Å². The molecule has 26 heavy (non-hydrogen) atoms. The Kier molecular flexibility index (Phi) is 8.77. The minimum atomic E-state index is -2.41. The maximum atomic E-state index is 5.42. The fourth-order valence-electron chi connectivity index (χ4n) is 3.20. The smallest absolute Gasteiger partial charge is 0.377 e. The van der Waals surface area contributed by atoms with Crippen molar-refractivity contribution in [2.24, 2.45) is 0 Å². The summed E-state index contributed by atoms with van der Waals surface area (Å²) in [6.07, 6.45) is 3.22. The van der Waals surface area contributed by atoms with Crippen molar-refractivity contribution in [1.82, 2.24) is 15.2 Å². The van der Waals surface area contributed by atoms with Crippen molar-refractivity contribution in [3.63, 3.8) is 0 Å². The van der Waals surface area contributed by atoms with E-state index in [1.54, 1.807) is 21.3 Å². The largest absolute Gasteiger partial charge is 0.500 e. The molecule has 1 aromatic carbocycles. The molecule has 0 bridgehead atoms. The predicted molar refractivity (Wildman–Crippen MR) is 109 cm³/mol. The van der Waals surface area contributed by atoms with E-state index in [1.165, 1.54) is 16.5 Å². The van der Waals surface area contributed by atoms with Gasteiger partial charge in [0, 0.05) is 70.8 Å². The van der Waals surface area contributed by atoms with E-state index in [9.17, 15) is 0 Å². The zero-order valence-electron chi connectivity index (χ0n) is 16.5. The SMILES string of the molecule is CO[Si](CCCNCCNCCn1cc2ccccc2c1C)(OC)OC. The van der Waals surface area contributed by atoms with Gasteiger partial charge in [-0.25, -0.2) is 0 Å². The number of fused-ring (bicyclic) bond motifs is 1. The number of rotatable bonds is 13. The summed E-state index contributed by atoms with van der Waals surface area (Å²) in [5.41, 5.74) is 1.34. The van der Waals surface area contributed by atoms with Crippen LogP contribution in [0.5, 0.6) is 0 Å². The first-order valence-electron chi connectivity index (χ1n) is 9.27. The molecule has 2 N–H and O–H groups in total. The van der Waals surface area contributed by atoms with Gasteiger partial charge in [0.05, 0.1) is 0 Å². The molecule has 6 nitrogen and oxygen atoms in total. The molecule has 0 fully saturated rings. The Hall–Kier alpha value is -1.22. The van der Waals surface area contributed by atoms with Crippen LogP contribution in [0, 0.1) is 6.92 Å². The Labute approximate surface area is 158 Å². The first-order chi connectivity index (χ1) is 12.7. The fourth-order valence-corrected chi connectivity index (χ4v) is 4.93. The van der Waals surface area contributed by atoms with Gasteiger partial charge in [0.2, 0.25) is 0 Å². The Balaban J connectivity index is 1.56. The molecule has 0 atom stereocenters. The van der Waals surface area contributed by atoms with Crippen LogP contribution in [-0.2, 0) is 19.8 Å². The molecule has 0 spiro atoms.